The van der Waals surface area contributed by atoms with E-state index < -0.39 is 6.04 Å². The number of aromatic nitrogens is 3. The average molecular weight is 380 g/mol. The minimum atomic E-state index is -0.399. The predicted octanol–water partition coefficient (Wildman–Crippen LogP) is 2.27. The molecule has 0 spiro atoms. The molecule has 0 saturated carbocycles. The molecule has 0 aliphatic carbocycles. The van der Waals surface area contributed by atoms with E-state index in [4.69, 9.17) is 5.73 Å². The molecule has 0 fully saturated rings. The quantitative estimate of drug-likeness (QED) is 0.711. The fourth-order valence-corrected chi connectivity index (χ4v) is 2.93. The second kappa shape index (κ2) is 11.7. The van der Waals surface area contributed by atoms with Crippen LogP contribution in [0.4, 0.5) is 0 Å². The van der Waals surface area contributed by atoms with Crippen molar-refractivity contribution in [3.8, 4) is 0 Å². The zero-order valence-corrected chi connectivity index (χ0v) is 16.3. The van der Waals surface area contributed by atoms with E-state index in [0.717, 1.165) is 43.9 Å². The first-order valence-corrected chi connectivity index (χ1v) is 8.52. The molecule has 24 heavy (non-hydrogen) atoms. The molecule has 8 heteroatoms. The third kappa shape index (κ3) is 6.95. The van der Waals surface area contributed by atoms with Gasteiger partial charge in [-0.15, -0.1) is 35.0 Å². The van der Waals surface area contributed by atoms with Crippen molar-refractivity contribution in [1.29, 1.82) is 0 Å². The summed E-state index contributed by atoms with van der Waals surface area (Å²) < 4.78 is 2.26. The highest BCUT2D eigenvalue weighted by Gasteiger charge is 2.16. The minimum Gasteiger partial charge on any atom is -0.355 e. The number of halogens is 2. The van der Waals surface area contributed by atoms with Gasteiger partial charge in [-0.3, -0.25) is 4.79 Å². The molecule has 0 aromatic carbocycles. The highest BCUT2D eigenvalue weighted by Crippen LogP contribution is 2.15. The molecular formula is C16H31Cl2N5O. The summed E-state index contributed by atoms with van der Waals surface area (Å²) in [6, 6.07) is -0.399. The van der Waals surface area contributed by atoms with Crippen molar-refractivity contribution in [3.63, 3.8) is 0 Å². The normalized spacial score (nSPS) is 14.8. The van der Waals surface area contributed by atoms with Crippen LogP contribution in [0.5, 0.6) is 0 Å². The van der Waals surface area contributed by atoms with Crippen molar-refractivity contribution in [2.75, 3.05) is 6.54 Å². The Bertz CT molecular complexity index is 493. The topological polar surface area (TPSA) is 85.8 Å². The van der Waals surface area contributed by atoms with Crippen molar-refractivity contribution in [3.05, 3.63) is 11.6 Å². The fourth-order valence-electron chi connectivity index (χ4n) is 2.93. The van der Waals surface area contributed by atoms with Crippen LogP contribution in [0, 0.1) is 5.92 Å². The lowest BCUT2D eigenvalue weighted by atomic mass is 10.0. The highest BCUT2D eigenvalue weighted by molar-refractivity contribution is 5.85. The lowest BCUT2D eigenvalue weighted by Crippen LogP contribution is -2.41. The Kier molecular flexibility index (Phi) is 11.2. The molecule has 1 aliphatic heterocycles. The van der Waals surface area contributed by atoms with Crippen LogP contribution < -0.4 is 11.1 Å². The lowest BCUT2D eigenvalue weighted by Gasteiger charge is -2.14. The minimum absolute atomic E-state index is 0. The van der Waals surface area contributed by atoms with Gasteiger partial charge in [0.1, 0.15) is 11.6 Å². The van der Waals surface area contributed by atoms with E-state index in [-0.39, 0.29) is 30.7 Å². The molecule has 1 atom stereocenters. The smallest absolute Gasteiger partial charge is 0.236 e. The third-order valence-electron chi connectivity index (χ3n) is 4.12. The van der Waals surface area contributed by atoms with Gasteiger partial charge in [0.25, 0.3) is 0 Å². The van der Waals surface area contributed by atoms with Crippen LogP contribution in [0.2, 0.25) is 0 Å². The molecule has 2 rings (SSSR count). The molecule has 1 aliphatic rings. The van der Waals surface area contributed by atoms with Crippen LogP contribution in [0.3, 0.4) is 0 Å². The van der Waals surface area contributed by atoms with Gasteiger partial charge in [0.15, 0.2) is 0 Å². The maximum Gasteiger partial charge on any atom is 0.236 e. The molecule has 6 nitrogen and oxygen atoms in total. The Hall–Kier alpha value is -0.850. The summed E-state index contributed by atoms with van der Waals surface area (Å²) in [4.78, 5) is 11.8. The summed E-state index contributed by atoms with van der Waals surface area (Å²) in [5.41, 5.74) is 5.86. The summed E-state index contributed by atoms with van der Waals surface area (Å²) in [7, 11) is 0. The van der Waals surface area contributed by atoms with Crippen molar-refractivity contribution in [2.45, 2.75) is 71.4 Å². The number of carbonyl (C=O) groups excluding carboxylic acids is 1. The number of hydrogen-bond acceptors (Lipinski definition) is 4. The van der Waals surface area contributed by atoms with Crippen LogP contribution in [-0.4, -0.2) is 33.3 Å². The first kappa shape index (κ1) is 23.1. The first-order chi connectivity index (χ1) is 10.6. The van der Waals surface area contributed by atoms with Crippen LogP contribution in [0.15, 0.2) is 0 Å². The molecule has 3 N–H and O–H groups in total. The van der Waals surface area contributed by atoms with Gasteiger partial charge in [-0.25, -0.2) is 0 Å². The molecule has 2 heterocycles. The van der Waals surface area contributed by atoms with Crippen molar-refractivity contribution in [1.82, 2.24) is 20.1 Å². The molecule has 0 radical (unpaired) electrons. The number of amides is 1. The number of fused-ring (bicyclic) bond motifs is 1. The second-order valence-electron chi connectivity index (χ2n) is 6.63. The molecule has 1 aromatic heterocycles. The molecule has 0 unspecified atom stereocenters. The third-order valence-corrected chi connectivity index (χ3v) is 4.12. The molecule has 1 amide bonds. The summed E-state index contributed by atoms with van der Waals surface area (Å²) in [5, 5.41) is 11.5. The molecular weight excluding hydrogens is 349 g/mol. The van der Waals surface area contributed by atoms with Gasteiger partial charge in [-0.2, -0.15) is 0 Å². The van der Waals surface area contributed by atoms with Gasteiger partial charge in [0.2, 0.25) is 5.91 Å². The lowest BCUT2D eigenvalue weighted by molar-refractivity contribution is -0.122. The Morgan fingerprint density at radius 1 is 1.25 bits per heavy atom. The SMILES string of the molecule is CC(C)C[C@H](N)C(=O)NCCCc1nnc2n1CCCCC2.Cl.Cl. The number of nitrogens with one attached hydrogen (secondary N) is 1. The Labute approximate surface area is 157 Å². The number of rotatable bonds is 7. The van der Waals surface area contributed by atoms with Crippen molar-refractivity contribution in [2.24, 2.45) is 11.7 Å². The number of carbonyl (C=O) groups is 1. The number of aryl methyl sites for hydroxylation is 2. The van der Waals surface area contributed by atoms with E-state index in [1.54, 1.807) is 0 Å². The molecule has 140 valence electrons. The average Bonchev–Trinajstić information content (AvgIpc) is 2.70. The second-order valence-corrected chi connectivity index (χ2v) is 6.63. The van der Waals surface area contributed by atoms with E-state index in [1.165, 1.54) is 19.3 Å². The number of nitrogens with zero attached hydrogens (tertiary/aromatic N) is 3. The van der Waals surface area contributed by atoms with Crippen molar-refractivity contribution >= 4 is 30.7 Å². The zero-order valence-electron chi connectivity index (χ0n) is 14.7. The van der Waals surface area contributed by atoms with Crippen LogP contribution in [-0.2, 0) is 24.2 Å². The summed E-state index contributed by atoms with van der Waals surface area (Å²) in [6.07, 6.45) is 7.18. The Morgan fingerprint density at radius 2 is 2.00 bits per heavy atom. The van der Waals surface area contributed by atoms with Gasteiger partial charge in [0, 0.05) is 25.9 Å². The maximum absolute atomic E-state index is 11.8. The standard InChI is InChI=1S/C16H29N5O.2ClH/c1-12(2)11-13(17)16(22)18-9-6-8-15-20-19-14-7-4-3-5-10-21(14)15;;/h12-13H,3-11,17H2,1-2H3,(H,18,22);2*1H/t13-;;/m0../s1. The summed E-state index contributed by atoms with van der Waals surface area (Å²) in [6.45, 7) is 5.82. The monoisotopic (exact) mass is 379 g/mol. The van der Waals surface area contributed by atoms with E-state index in [2.05, 4.69) is 33.9 Å². The molecule has 0 bridgehead atoms. The van der Waals surface area contributed by atoms with Crippen molar-refractivity contribution < 1.29 is 4.79 Å². The summed E-state index contributed by atoms with van der Waals surface area (Å²) >= 11 is 0. The van der Waals surface area contributed by atoms with E-state index in [0.29, 0.717) is 12.5 Å². The Balaban J connectivity index is 0.00000264. The number of nitrogens with two attached hydrogens (primary N) is 1. The van der Waals surface area contributed by atoms with Gasteiger partial charge in [-0.05, 0) is 31.6 Å². The van der Waals surface area contributed by atoms with Crippen LogP contribution in [0.1, 0.15) is 57.6 Å². The fraction of sp³-hybridized carbons (Fsp3) is 0.812. The van der Waals surface area contributed by atoms with E-state index in [9.17, 15) is 4.79 Å². The van der Waals surface area contributed by atoms with Gasteiger partial charge in [-0.1, -0.05) is 20.3 Å². The summed E-state index contributed by atoms with van der Waals surface area (Å²) in [5.74, 6) is 2.56. The number of hydrogen-bond donors (Lipinski definition) is 2. The molecule has 1 aromatic rings. The van der Waals surface area contributed by atoms with Crippen LogP contribution >= 0.6 is 24.8 Å². The largest absolute Gasteiger partial charge is 0.355 e. The predicted molar refractivity (Wildman–Crippen MR) is 101 cm³/mol. The maximum atomic E-state index is 11.8. The van der Waals surface area contributed by atoms with Gasteiger partial charge in [0.05, 0.1) is 6.04 Å². The van der Waals surface area contributed by atoms with Gasteiger partial charge >= 0.3 is 0 Å². The van der Waals surface area contributed by atoms with Crippen LogP contribution in [0.25, 0.3) is 0 Å². The van der Waals surface area contributed by atoms with E-state index >= 15 is 0 Å². The Morgan fingerprint density at radius 3 is 2.71 bits per heavy atom. The van der Waals surface area contributed by atoms with E-state index in [1.807, 2.05) is 0 Å². The highest BCUT2D eigenvalue weighted by atomic mass is 35.5. The van der Waals surface area contributed by atoms with Gasteiger partial charge < -0.3 is 15.6 Å². The first-order valence-electron chi connectivity index (χ1n) is 8.52. The zero-order chi connectivity index (χ0) is 15.9. The molecule has 0 saturated heterocycles.